The molecule has 1 atom stereocenters. The van der Waals surface area contributed by atoms with Crippen LogP contribution in [-0.2, 0) is 13.5 Å². The molecule has 1 N–H and O–H groups in total. The van der Waals surface area contributed by atoms with E-state index < -0.39 is 0 Å². The smallest absolute Gasteiger partial charge is 0.0847 e. The quantitative estimate of drug-likeness (QED) is 0.872. The molecule has 2 aromatic heterocycles. The number of hydrogen-bond acceptors (Lipinski definition) is 3. The predicted molar refractivity (Wildman–Crippen MR) is 86.7 cm³/mol. The van der Waals surface area contributed by atoms with Crippen LogP contribution in [0.5, 0.6) is 0 Å². The molecule has 0 bridgehead atoms. The Hall–Kier alpha value is -0.840. The average Bonchev–Trinajstić information content (AvgIpc) is 2.93. The number of hydrogen-bond donors (Lipinski definition) is 1. The van der Waals surface area contributed by atoms with Gasteiger partial charge in [0.15, 0.2) is 0 Å². The van der Waals surface area contributed by atoms with Crippen LogP contribution in [0.25, 0.3) is 0 Å². The summed E-state index contributed by atoms with van der Waals surface area (Å²) in [5, 5.41) is 11.0. The molecule has 0 radical (unpaired) electrons. The Morgan fingerprint density at radius 3 is 2.70 bits per heavy atom. The van der Waals surface area contributed by atoms with Crippen LogP contribution in [-0.4, -0.2) is 16.3 Å². The number of rotatable bonds is 6. The minimum Gasteiger partial charge on any atom is -0.309 e. The third kappa shape index (κ3) is 3.25. The van der Waals surface area contributed by atoms with Gasteiger partial charge in [-0.05, 0) is 43.8 Å². The molecule has 5 heteroatoms. The van der Waals surface area contributed by atoms with E-state index in [4.69, 9.17) is 11.6 Å². The molecule has 20 heavy (non-hydrogen) atoms. The Kier molecular flexibility index (Phi) is 5.24. The van der Waals surface area contributed by atoms with Crippen molar-refractivity contribution < 1.29 is 0 Å². The fraction of sp³-hybridized carbons (Fsp3) is 0.533. The maximum atomic E-state index is 6.39. The number of aromatic nitrogens is 2. The van der Waals surface area contributed by atoms with E-state index in [0.29, 0.717) is 6.04 Å². The molecule has 0 saturated carbocycles. The molecular weight excluding hydrogens is 290 g/mol. The minimum absolute atomic E-state index is 0.308. The van der Waals surface area contributed by atoms with E-state index in [0.717, 1.165) is 35.8 Å². The first kappa shape index (κ1) is 15.5. The summed E-state index contributed by atoms with van der Waals surface area (Å²) in [5.41, 5.74) is 3.35. The van der Waals surface area contributed by atoms with Crippen molar-refractivity contribution >= 4 is 22.9 Å². The Morgan fingerprint density at radius 2 is 2.20 bits per heavy atom. The second kappa shape index (κ2) is 6.74. The minimum atomic E-state index is 0.308. The second-order valence-corrected chi connectivity index (χ2v) is 6.47. The molecule has 0 aliphatic heterocycles. The van der Waals surface area contributed by atoms with E-state index in [-0.39, 0.29) is 0 Å². The Bertz CT molecular complexity index is 574. The van der Waals surface area contributed by atoms with Crippen LogP contribution in [0.4, 0.5) is 0 Å². The van der Waals surface area contributed by atoms with Crippen molar-refractivity contribution in [3.8, 4) is 0 Å². The van der Waals surface area contributed by atoms with Crippen LogP contribution < -0.4 is 5.32 Å². The molecule has 3 nitrogen and oxygen atoms in total. The number of nitrogens with zero attached hydrogens (tertiary/aromatic N) is 2. The van der Waals surface area contributed by atoms with Gasteiger partial charge in [0.05, 0.1) is 16.4 Å². The lowest BCUT2D eigenvalue weighted by atomic mass is 10.1. The number of thiophene rings is 1. The Labute approximate surface area is 130 Å². The van der Waals surface area contributed by atoms with Crippen molar-refractivity contribution in [2.24, 2.45) is 7.05 Å². The highest BCUT2D eigenvalue weighted by atomic mass is 35.5. The van der Waals surface area contributed by atoms with Crippen molar-refractivity contribution in [3.63, 3.8) is 0 Å². The van der Waals surface area contributed by atoms with Crippen LogP contribution in [0.1, 0.15) is 41.2 Å². The first-order valence-corrected chi connectivity index (χ1v) is 8.25. The van der Waals surface area contributed by atoms with Gasteiger partial charge >= 0.3 is 0 Å². The maximum Gasteiger partial charge on any atom is 0.0847 e. The summed E-state index contributed by atoms with van der Waals surface area (Å²) in [6.45, 7) is 7.32. The summed E-state index contributed by atoms with van der Waals surface area (Å²) < 4.78 is 1.90. The van der Waals surface area contributed by atoms with Crippen molar-refractivity contribution in [1.82, 2.24) is 15.1 Å². The molecule has 2 rings (SSSR count). The van der Waals surface area contributed by atoms with Gasteiger partial charge < -0.3 is 5.32 Å². The van der Waals surface area contributed by atoms with Crippen LogP contribution in [0.15, 0.2) is 11.4 Å². The zero-order valence-electron chi connectivity index (χ0n) is 12.5. The molecular formula is C15H22ClN3S. The van der Waals surface area contributed by atoms with E-state index in [1.807, 2.05) is 30.0 Å². The number of nitrogens with one attached hydrogen (secondary N) is 1. The van der Waals surface area contributed by atoms with Gasteiger partial charge in [0, 0.05) is 24.4 Å². The molecule has 0 fully saturated rings. The third-order valence-electron chi connectivity index (χ3n) is 3.52. The lowest BCUT2D eigenvalue weighted by molar-refractivity contribution is 0.517. The number of aryl methyl sites for hydroxylation is 3. The third-order valence-corrected chi connectivity index (χ3v) is 5.14. The van der Waals surface area contributed by atoms with E-state index >= 15 is 0 Å². The number of halogens is 1. The molecule has 110 valence electrons. The second-order valence-electron chi connectivity index (χ2n) is 5.15. The first-order chi connectivity index (χ1) is 9.54. The largest absolute Gasteiger partial charge is 0.309 e. The van der Waals surface area contributed by atoms with Gasteiger partial charge in [-0.25, -0.2) is 0 Å². The fourth-order valence-corrected chi connectivity index (χ4v) is 3.65. The molecule has 0 aliphatic carbocycles. The van der Waals surface area contributed by atoms with E-state index in [1.165, 1.54) is 10.4 Å². The highest BCUT2D eigenvalue weighted by molar-refractivity contribution is 7.10. The molecule has 0 aliphatic rings. The molecule has 0 saturated heterocycles. The summed E-state index contributed by atoms with van der Waals surface area (Å²) >= 11 is 8.20. The molecule has 1 unspecified atom stereocenters. The van der Waals surface area contributed by atoms with Gasteiger partial charge in [-0.3, -0.25) is 4.68 Å². The van der Waals surface area contributed by atoms with Gasteiger partial charge in [0.2, 0.25) is 0 Å². The Morgan fingerprint density at radius 1 is 1.45 bits per heavy atom. The summed E-state index contributed by atoms with van der Waals surface area (Å²) in [5.74, 6) is 0. The van der Waals surface area contributed by atoms with Crippen LogP contribution in [0, 0.1) is 13.8 Å². The fourth-order valence-electron chi connectivity index (χ4n) is 2.41. The lowest BCUT2D eigenvalue weighted by Crippen LogP contribution is -2.24. The van der Waals surface area contributed by atoms with Crippen molar-refractivity contribution in [3.05, 3.63) is 38.3 Å². The Balaban J connectivity index is 2.26. The summed E-state index contributed by atoms with van der Waals surface area (Å²) in [4.78, 5) is 1.40. The highest BCUT2D eigenvalue weighted by Crippen LogP contribution is 2.30. The van der Waals surface area contributed by atoms with E-state index in [9.17, 15) is 0 Å². The van der Waals surface area contributed by atoms with Crippen LogP contribution in [0.2, 0.25) is 5.02 Å². The van der Waals surface area contributed by atoms with Gasteiger partial charge in [-0.1, -0.05) is 18.5 Å². The zero-order chi connectivity index (χ0) is 14.7. The normalized spacial score (nSPS) is 12.8. The maximum absolute atomic E-state index is 6.39. The van der Waals surface area contributed by atoms with Gasteiger partial charge in [0.25, 0.3) is 0 Å². The van der Waals surface area contributed by atoms with Crippen molar-refractivity contribution in [1.29, 1.82) is 0 Å². The van der Waals surface area contributed by atoms with Crippen LogP contribution >= 0.6 is 22.9 Å². The monoisotopic (exact) mass is 311 g/mol. The summed E-state index contributed by atoms with van der Waals surface area (Å²) in [6, 6.07) is 2.48. The molecule has 0 spiro atoms. The molecule has 2 aromatic rings. The van der Waals surface area contributed by atoms with E-state index in [1.54, 1.807) is 0 Å². The molecule has 0 aromatic carbocycles. The zero-order valence-corrected chi connectivity index (χ0v) is 14.1. The topological polar surface area (TPSA) is 29.9 Å². The van der Waals surface area contributed by atoms with Gasteiger partial charge in [0.1, 0.15) is 0 Å². The molecule has 2 heterocycles. The van der Waals surface area contributed by atoms with Crippen molar-refractivity contribution in [2.75, 3.05) is 6.54 Å². The van der Waals surface area contributed by atoms with Crippen LogP contribution in [0.3, 0.4) is 0 Å². The van der Waals surface area contributed by atoms with E-state index in [2.05, 4.69) is 35.7 Å². The average molecular weight is 312 g/mol. The van der Waals surface area contributed by atoms with Gasteiger partial charge in [-0.15, -0.1) is 11.3 Å². The lowest BCUT2D eigenvalue weighted by Gasteiger charge is -2.19. The first-order valence-electron chi connectivity index (χ1n) is 7.00. The standard InChI is InChI=1S/C15H22ClN3S/c1-5-7-17-12(15-10(2)6-8-20-15)9-13-14(16)11(3)18-19(13)4/h6,8,12,17H,5,7,9H2,1-4H3. The van der Waals surface area contributed by atoms with Gasteiger partial charge in [-0.2, -0.15) is 5.10 Å². The SMILES string of the molecule is CCCNC(Cc1c(Cl)c(C)nn1C)c1sccc1C. The predicted octanol–water partition coefficient (Wildman–Crippen LogP) is 4.04. The summed E-state index contributed by atoms with van der Waals surface area (Å²) in [7, 11) is 1.96. The van der Waals surface area contributed by atoms with Crippen molar-refractivity contribution in [2.45, 2.75) is 39.7 Å². The highest BCUT2D eigenvalue weighted by Gasteiger charge is 2.20. The molecule has 0 amide bonds. The summed E-state index contributed by atoms with van der Waals surface area (Å²) in [6.07, 6.45) is 2.00.